The zero-order valence-corrected chi connectivity index (χ0v) is 17.7. The fraction of sp³-hybridized carbons (Fsp3) is 0.136. The number of ether oxygens (including phenoxy) is 2. The molecule has 0 bridgehead atoms. The maximum absolute atomic E-state index is 12.9. The maximum atomic E-state index is 12.9. The van der Waals surface area contributed by atoms with E-state index in [2.05, 4.69) is 4.72 Å². The number of hydrogen-bond donors (Lipinski definition) is 2. The highest BCUT2D eigenvalue weighted by Gasteiger charge is 2.31. The van der Waals surface area contributed by atoms with E-state index in [4.69, 9.17) is 14.6 Å². The van der Waals surface area contributed by atoms with Crippen molar-refractivity contribution in [1.82, 2.24) is 0 Å². The minimum atomic E-state index is -4.68. The molecule has 0 aliphatic carbocycles. The Kier molecular flexibility index (Phi) is 7.12. The highest BCUT2D eigenvalue weighted by atomic mass is 32.2. The fourth-order valence-electron chi connectivity index (χ4n) is 2.72. The van der Waals surface area contributed by atoms with Crippen LogP contribution >= 0.6 is 0 Å². The van der Waals surface area contributed by atoms with E-state index in [1.807, 2.05) is 0 Å². The van der Waals surface area contributed by atoms with E-state index < -0.39 is 32.6 Å². The van der Waals surface area contributed by atoms with Crippen LogP contribution < -0.4 is 14.2 Å². The van der Waals surface area contributed by atoms with Gasteiger partial charge in [0.15, 0.2) is 0 Å². The number of benzene rings is 3. The van der Waals surface area contributed by atoms with E-state index in [1.54, 1.807) is 6.07 Å². The van der Waals surface area contributed by atoms with E-state index >= 15 is 0 Å². The molecule has 7 nitrogen and oxygen atoms in total. The first-order valence-corrected chi connectivity index (χ1v) is 10.9. The molecule has 0 aromatic heterocycles. The third-order valence-corrected chi connectivity index (χ3v) is 5.68. The first-order valence-electron chi connectivity index (χ1n) is 9.44. The predicted octanol–water partition coefficient (Wildman–Crippen LogP) is 4.66. The SMILES string of the molecule is O=C(O)c1ccc(OCCOc2ccccc2NS(=O)(=O)c2cccc(C(F)(F)F)c2)cc1. The third-order valence-electron chi connectivity index (χ3n) is 4.31. The van der Waals surface area contributed by atoms with Gasteiger partial charge in [-0.25, -0.2) is 13.2 Å². The Balaban J connectivity index is 1.65. The molecule has 2 N–H and O–H groups in total. The molecule has 3 rings (SSSR count). The molecule has 11 heteroatoms. The van der Waals surface area contributed by atoms with Gasteiger partial charge in [-0.2, -0.15) is 13.2 Å². The van der Waals surface area contributed by atoms with E-state index in [0.29, 0.717) is 11.8 Å². The quantitative estimate of drug-likeness (QED) is 0.431. The molecule has 0 saturated heterocycles. The molecule has 0 unspecified atom stereocenters. The number of carboxylic acids is 1. The molecular weight excluding hydrogens is 463 g/mol. The van der Waals surface area contributed by atoms with Crippen molar-refractivity contribution in [2.45, 2.75) is 11.1 Å². The Morgan fingerprint density at radius 1 is 0.909 bits per heavy atom. The number of carboxylic acid groups (broad SMARTS) is 1. The average molecular weight is 481 g/mol. The molecule has 0 radical (unpaired) electrons. The smallest absolute Gasteiger partial charge is 0.416 e. The fourth-order valence-corrected chi connectivity index (χ4v) is 3.84. The summed E-state index contributed by atoms with van der Waals surface area (Å²) in [4.78, 5) is 10.3. The summed E-state index contributed by atoms with van der Waals surface area (Å²) in [5.74, 6) is -0.492. The van der Waals surface area contributed by atoms with Crippen molar-refractivity contribution < 1.29 is 41.0 Å². The van der Waals surface area contributed by atoms with Crippen LogP contribution in [0.5, 0.6) is 11.5 Å². The largest absolute Gasteiger partial charge is 0.490 e. The molecule has 0 heterocycles. The summed E-state index contributed by atoms with van der Waals surface area (Å²) in [6.07, 6.45) is -4.68. The molecular formula is C22H18F3NO6S. The van der Waals surface area contributed by atoms with Crippen LogP contribution in [-0.4, -0.2) is 32.7 Å². The van der Waals surface area contributed by atoms with Crippen LogP contribution in [0.25, 0.3) is 0 Å². The van der Waals surface area contributed by atoms with Crippen molar-refractivity contribution in [2.24, 2.45) is 0 Å². The molecule has 0 amide bonds. The van der Waals surface area contributed by atoms with Crippen molar-refractivity contribution in [2.75, 3.05) is 17.9 Å². The average Bonchev–Trinajstić information content (AvgIpc) is 2.77. The van der Waals surface area contributed by atoms with Gasteiger partial charge >= 0.3 is 12.1 Å². The number of sulfonamides is 1. The number of anilines is 1. The highest BCUT2D eigenvalue weighted by Crippen LogP contribution is 2.32. The number of hydrogen-bond acceptors (Lipinski definition) is 5. The first kappa shape index (κ1) is 23.9. The molecule has 0 aliphatic heterocycles. The molecule has 3 aromatic rings. The second-order valence-electron chi connectivity index (χ2n) is 6.65. The molecule has 0 saturated carbocycles. The molecule has 0 spiro atoms. The van der Waals surface area contributed by atoms with Crippen LogP contribution in [0.2, 0.25) is 0 Å². The van der Waals surface area contributed by atoms with Crippen LogP contribution in [0, 0.1) is 0 Å². The summed E-state index contributed by atoms with van der Waals surface area (Å²) >= 11 is 0. The van der Waals surface area contributed by atoms with Gasteiger partial charge in [0.1, 0.15) is 24.7 Å². The van der Waals surface area contributed by atoms with Crippen molar-refractivity contribution in [3.05, 3.63) is 83.9 Å². The Hall–Kier alpha value is -3.73. The van der Waals surface area contributed by atoms with Crippen LogP contribution in [0.15, 0.2) is 77.7 Å². The van der Waals surface area contributed by atoms with Crippen LogP contribution in [0.1, 0.15) is 15.9 Å². The van der Waals surface area contributed by atoms with Crippen LogP contribution in [-0.2, 0) is 16.2 Å². The maximum Gasteiger partial charge on any atom is 0.416 e. The topological polar surface area (TPSA) is 102 Å². The number of rotatable bonds is 9. The zero-order valence-electron chi connectivity index (χ0n) is 16.9. The van der Waals surface area contributed by atoms with Gasteiger partial charge in [-0.15, -0.1) is 0 Å². The van der Waals surface area contributed by atoms with Gasteiger partial charge in [0.25, 0.3) is 10.0 Å². The minimum absolute atomic E-state index is 0.0168. The second kappa shape index (κ2) is 9.82. The Morgan fingerprint density at radius 2 is 1.58 bits per heavy atom. The summed E-state index contributed by atoms with van der Waals surface area (Å²) in [7, 11) is -4.31. The van der Waals surface area contributed by atoms with Gasteiger partial charge in [0.05, 0.1) is 21.7 Å². The number of para-hydroxylation sites is 2. The van der Waals surface area contributed by atoms with Crippen molar-refractivity contribution in [3.63, 3.8) is 0 Å². The molecule has 3 aromatic carbocycles. The lowest BCUT2D eigenvalue weighted by Gasteiger charge is -2.15. The molecule has 174 valence electrons. The molecule has 33 heavy (non-hydrogen) atoms. The minimum Gasteiger partial charge on any atom is -0.490 e. The van der Waals surface area contributed by atoms with E-state index in [9.17, 15) is 26.4 Å². The summed E-state index contributed by atoms with van der Waals surface area (Å²) in [6, 6.07) is 15.2. The Morgan fingerprint density at radius 3 is 2.24 bits per heavy atom. The summed E-state index contributed by atoms with van der Waals surface area (Å²) in [5.41, 5.74) is -0.926. The molecule has 0 atom stereocenters. The monoisotopic (exact) mass is 481 g/mol. The van der Waals surface area contributed by atoms with Gasteiger partial charge in [0.2, 0.25) is 0 Å². The standard InChI is InChI=1S/C22H18F3NO6S/c23-22(24,25)16-4-3-5-18(14-16)33(29,30)26-19-6-1-2-7-20(19)32-13-12-31-17-10-8-15(9-11-17)21(27)28/h1-11,14,26H,12-13H2,(H,27,28). The molecule has 0 fully saturated rings. The van der Waals surface area contributed by atoms with Crippen molar-refractivity contribution in [1.29, 1.82) is 0 Å². The van der Waals surface area contributed by atoms with Gasteiger partial charge in [-0.3, -0.25) is 4.72 Å². The summed E-state index contributed by atoms with van der Waals surface area (Å²) in [6.45, 7) is 0.0874. The lowest BCUT2D eigenvalue weighted by atomic mass is 10.2. The summed E-state index contributed by atoms with van der Waals surface area (Å²) in [5, 5.41) is 8.88. The van der Waals surface area contributed by atoms with E-state index in [-0.39, 0.29) is 30.2 Å². The van der Waals surface area contributed by atoms with Gasteiger partial charge in [-0.05, 0) is 54.6 Å². The van der Waals surface area contributed by atoms with Crippen LogP contribution in [0.3, 0.4) is 0 Å². The van der Waals surface area contributed by atoms with Crippen molar-refractivity contribution >= 4 is 21.7 Å². The lowest BCUT2D eigenvalue weighted by molar-refractivity contribution is -0.137. The van der Waals surface area contributed by atoms with Crippen LogP contribution in [0.4, 0.5) is 18.9 Å². The summed E-state index contributed by atoms with van der Waals surface area (Å²) < 4.78 is 77.3. The second-order valence-corrected chi connectivity index (χ2v) is 8.34. The zero-order chi connectivity index (χ0) is 24.1. The number of nitrogens with one attached hydrogen (secondary N) is 1. The van der Waals surface area contributed by atoms with E-state index in [1.165, 1.54) is 42.5 Å². The lowest BCUT2D eigenvalue weighted by Crippen LogP contribution is -2.16. The van der Waals surface area contributed by atoms with Gasteiger partial charge in [-0.1, -0.05) is 18.2 Å². The number of aromatic carboxylic acids is 1. The van der Waals surface area contributed by atoms with E-state index in [0.717, 1.165) is 18.2 Å². The normalized spacial score (nSPS) is 11.6. The molecule has 0 aliphatic rings. The Bertz CT molecular complexity index is 1230. The van der Waals surface area contributed by atoms with Gasteiger partial charge < -0.3 is 14.6 Å². The van der Waals surface area contributed by atoms with Gasteiger partial charge in [0, 0.05) is 0 Å². The van der Waals surface area contributed by atoms with Crippen molar-refractivity contribution in [3.8, 4) is 11.5 Å². The number of alkyl halides is 3. The Labute approximate surface area is 187 Å². The number of carbonyl (C=O) groups is 1. The first-order chi connectivity index (χ1) is 15.6. The highest BCUT2D eigenvalue weighted by molar-refractivity contribution is 7.92. The predicted molar refractivity (Wildman–Crippen MR) is 113 cm³/mol. The third kappa shape index (κ3) is 6.39. The number of halogens is 3.